The number of hydrogen-bond donors (Lipinski definition) is 0. The molecule has 4 aliphatic rings. The predicted octanol–water partition coefficient (Wildman–Crippen LogP) is 3.07. The van der Waals surface area contributed by atoms with Crippen LogP contribution in [0.15, 0.2) is 0 Å². The number of rotatable bonds is 2. The maximum Gasteiger partial charge on any atom is 0.319 e. The molecule has 0 N–H and O–H groups in total. The van der Waals surface area contributed by atoms with Crippen molar-refractivity contribution in [2.45, 2.75) is 53.4 Å². The van der Waals surface area contributed by atoms with Gasteiger partial charge >= 0.3 is 11.9 Å². The van der Waals surface area contributed by atoms with Gasteiger partial charge in [0.2, 0.25) is 0 Å². The lowest BCUT2D eigenvalue weighted by atomic mass is 9.38. The molecule has 30 heavy (non-hydrogen) atoms. The number of Topliss-reactive ketones (excluding diaryl/α,β-unsaturated/α-hetero) is 2. The second kappa shape index (κ2) is 6.89. The van der Waals surface area contributed by atoms with E-state index in [-0.39, 0.29) is 71.3 Å². The summed E-state index contributed by atoms with van der Waals surface area (Å²) < 4.78 is 10.3. The van der Waals surface area contributed by atoms with Crippen LogP contribution in [0.25, 0.3) is 0 Å². The van der Waals surface area contributed by atoms with E-state index in [1.807, 2.05) is 13.8 Å². The lowest BCUT2D eigenvalue weighted by Gasteiger charge is -2.64. The molecule has 0 aromatic rings. The highest BCUT2D eigenvalue weighted by molar-refractivity contribution is 6.05. The molecule has 0 spiro atoms. The Hall–Kier alpha value is -1.72. The summed E-state index contributed by atoms with van der Waals surface area (Å²) >= 11 is 0. The van der Waals surface area contributed by atoms with E-state index in [1.54, 1.807) is 6.92 Å². The minimum Gasteiger partial charge on any atom is -0.469 e. The summed E-state index contributed by atoms with van der Waals surface area (Å²) in [4.78, 5) is 52.4. The quantitative estimate of drug-likeness (QED) is 0.506. The molecule has 166 valence electrons. The van der Waals surface area contributed by atoms with Crippen molar-refractivity contribution in [2.24, 2.45) is 58.2 Å². The first-order valence-corrected chi connectivity index (χ1v) is 11.3. The maximum atomic E-state index is 13.4. The zero-order valence-corrected chi connectivity index (χ0v) is 18.9. The van der Waals surface area contributed by atoms with Crippen molar-refractivity contribution in [3.63, 3.8) is 0 Å². The van der Waals surface area contributed by atoms with Gasteiger partial charge in [-0.15, -0.1) is 0 Å². The Bertz CT molecular complexity index is 804. The summed E-state index contributed by atoms with van der Waals surface area (Å²) in [5, 5.41) is 0. The van der Waals surface area contributed by atoms with E-state index < -0.39 is 16.8 Å². The lowest BCUT2D eigenvalue weighted by molar-refractivity contribution is -0.205. The van der Waals surface area contributed by atoms with Crippen LogP contribution < -0.4 is 0 Å². The van der Waals surface area contributed by atoms with E-state index in [2.05, 4.69) is 6.92 Å². The Labute approximate surface area is 178 Å². The molecule has 4 saturated carbocycles. The molecule has 10 atom stereocenters. The Morgan fingerprint density at radius 2 is 1.53 bits per heavy atom. The van der Waals surface area contributed by atoms with Gasteiger partial charge in [-0.1, -0.05) is 13.8 Å². The highest BCUT2D eigenvalue weighted by atomic mass is 16.5. The van der Waals surface area contributed by atoms with Gasteiger partial charge < -0.3 is 9.47 Å². The van der Waals surface area contributed by atoms with E-state index >= 15 is 0 Å². The van der Waals surface area contributed by atoms with Crippen LogP contribution in [0, 0.1) is 58.2 Å². The lowest BCUT2D eigenvalue weighted by Crippen LogP contribution is -2.67. The van der Waals surface area contributed by atoms with Crippen LogP contribution in [0.2, 0.25) is 0 Å². The number of hydrogen-bond acceptors (Lipinski definition) is 6. The molecule has 4 rings (SSSR count). The van der Waals surface area contributed by atoms with Gasteiger partial charge in [0.05, 0.1) is 19.6 Å². The van der Waals surface area contributed by atoms with Crippen molar-refractivity contribution in [1.29, 1.82) is 0 Å². The molecule has 0 aliphatic heterocycles. The standard InChI is InChI=1S/C24H34O6/c1-11-9-14-19-15(23(11,3)21(27)29-5)7-8-16-18(19)13(12(2)20(14)26)10-17(25)24(16,4)22(28)30-6/h11-16,18-19H,7-10H2,1-6H3/t11-,12-,13-,14+,15+,16+,18-,19-,23-,24-/m1/s1. The van der Waals surface area contributed by atoms with Crippen molar-refractivity contribution in [3.8, 4) is 0 Å². The average Bonchev–Trinajstić information content (AvgIpc) is 2.74. The Morgan fingerprint density at radius 1 is 0.933 bits per heavy atom. The molecule has 0 radical (unpaired) electrons. The molecule has 4 fully saturated rings. The summed E-state index contributed by atoms with van der Waals surface area (Å²) in [6.07, 6.45) is 2.30. The molecule has 0 unspecified atom stereocenters. The van der Waals surface area contributed by atoms with E-state index in [0.717, 1.165) is 0 Å². The molecule has 0 bridgehead atoms. The molecule has 0 aromatic carbocycles. The Balaban J connectivity index is 1.85. The molecular weight excluding hydrogens is 384 g/mol. The largest absolute Gasteiger partial charge is 0.469 e. The van der Waals surface area contributed by atoms with Gasteiger partial charge in [0.1, 0.15) is 11.2 Å². The number of ketones is 2. The van der Waals surface area contributed by atoms with Crippen LogP contribution in [0.5, 0.6) is 0 Å². The third kappa shape index (κ3) is 2.42. The fourth-order valence-electron chi connectivity index (χ4n) is 8.12. The fourth-order valence-corrected chi connectivity index (χ4v) is 8.12. The SMILES string of the molecule is COC(=O)[C@@]1(C)C(=O)C[C@H]2[C@H]3[C@@H]4[C@H](C[C@@H](C)[C@@](C)(C(=O)OC)[C@H]4CC[C@@H]31)C(=O)[C@@H]2C. The van der Waals surface area contributed by atoms with Crippen molar-refractivity contribution < 1.29 is 28.7 Å². The summed E-state index contributed by atoms with van der Waals surface area (Å²) in [7, 11) is 2.77. The van der Waals surface area contributed by atoms with Gasteiger partial charge in [0, 0.05) is 18.3 Å². The molecule has 0 aromatic heterocycles. The molecule has 0 saturated heterocycles. The second-order valence-corrected chi connectivity index (χ2v) is 10.6. The third-order valence-corrected chi connectivity index (χ3v) is 9.96. The topological polar surface area (TPSA) is 86.7 Å². The minimum atomic E-state index is -1.17. The van der Waals surface area contributed by atoms with Gasteiger partial charge in [0.15, 0.2) is 5.78 Å². The van der Waals surface area contributed by atoms with Gasteiger partial charge in [-0.2, -0.15) is 0 Å². The number of methoxy groups -OCH3 is 2. The molecule has 6 heteroatoms. The first-order valence-electron chi connectivity index (χ1n) is 11.3. The van der Waals surface area contributed by atoms with Crippen molar-refractivity contribution >= 4 is 23.5 Å². The van der Waals surface area contributed by atoms with E-state index in [0.29, 0.717) is 19.3 Å². The fraction of sp³-hybridized carbons (Fsp3) is 0.833. The number of esters is 2. The summed E-state index contributed by atoms with van der Waals surface area (Å²) in [6.45, 7) is 7.75. The van der Waals surface area contributed by atoms with E-state index in [1.165, 1.54) is 14.2 Å². The molecule has 0 heterocycles. The predicted molar refractivity (Wildman–Crippen MR) is 108 cm³/mol. The van der Waals surface area contributed by atoms with Crippen molar-refractivity contribution in [3.05, 3.63) is 0 Å². The first-order chi connectivity index (χ1) is 14.0. The molecule has 4 aliphatic carbocycles. The highest BCUT2D eigenvalue weighted by Gasteiger charge is 2.69. The van der Waals surface area contributed by atoms with E-state index in [9.17, 15) is 19.2 Å². The van der Waals surface area contributed by atoms with Gasteiger partial charge in [-0.25, -0.2) is 0 Å². The normalized spacial score (nSPS) is 49.8. The molecular formula is C24H34O6. The van der Waals surface area contributed by atoms with Gasteiger partial charge in [0.25, 0.3) is 0 Å². The first kappa shape index (κ1) is 21.5. The number of ether oxygens (including phenoxy) is 2. The van der Waals surface area contributed by atoms with Crippen LogP contribution in [-0.4, -0.2) is 37.7 Å². The zero-order chi connectivity index (χ0) is 22.2. The number of carbonyl (C=O) groups is 4. The zero-order valence-electron chi connectivity index (χ0n) is 18.9. The monoisotopic (exact) mass is 418 g/mol. The van der Waals surface area contributed by atoms with Crippen molar-refractivity contribution in [1.82, 2.24) is 0 Å². The smallest absolute Gasteiger partial charge is 0.319 e. The maximum absolute atomic E-state index is 13.4. The minimum absolute atomic E-state index is 0.00910. The van der Waals surface area contributed by atoms with Gasteiger partial charge in [-0.05, 0) is 68.6 Å². The van der Waals surface area contributed by atoms with Crippen LogP contribution in [0.1, 0.15) is 53.4 Å². The van der Waals surface area contributed by atoms with Gasteiger partial charge in [-0.3, -0.25) is 19.2 Å². The van der Waals surface area contributed by atoms with Crippen LogP contribution >= 0.6 is 0 Å². The third-order valence-electron chi connectivity index (χ3n) is 9.96. The summed E-state index contributed by atoms with van der Waals surface area (Å²) in [6, 6.07) is 0. The average molecular weight is 419 g/mol. The van der Waals surface area contributed by atoms with Crippen molar-refractivity contribution in [2.75, 3.05) is 14.2 Å². The summed E-state index contributed by atoms with van der Waals surface area (Å²) in [5.41, 5.74) is -1.83. The Kier molecular flexibility index (Phi) is 4.94. The highest BCUT2D eigenvalue weighted by Crippen LogP contribution is 2.67. The van der Waals surface area contributed by atoms with Crippen LogP contribution in [0.3, 0.4) is 0 Å². The Morgan fingerprint density at radius 3 is 2.13 bits per heavy atom. The number of carbonyl (C=O) groups excluding carboxylic acids is 4. The molecule has 6 nitrogen and oxygen atoms in total. The second-order valence-electron chi connectivity index (χ2n) is 10.6. The van der Waals surface area contributed by atoms with Crippen LogP contribution in [-0.2, 0) is 28.7 Å². The van der Waals surface area contributed by atoms with E-state index in [4.69, 9.17) is 9.47 Å². The van der Waals surface area contributed by atoms with Crippen LogP contribution in [0.4, 0.5) is 0 Å². The molecule has 0 amide bonds. The summed E-state index contributed by atoms with van der Waals surface area (Å²) in [5.74, 6) is -0.913.